The number of hydrogen-bond acceptors (Lipinski definition) is 9. The van der Waals surface area contributed by atoms with Gasteiger partial charge < -0.3 is 19.9 Å². The SMILES string of the molecule is [2H]C([2H])([2H])C([2H])([2H])Oc1ccnc(NCc2c(-c3ccc(O[C@H]4CCC[C@H](C(=O)O)C4)c(C)n3)nnn2C)n1. The summed E-state index contributed by atoms with van der Waals surface area (Å²) in [5.74, 6) is -0.761. The van der Waals surface area contributed by atoms with Crippen molar-refractivity contribution in [1.82, 2.24) is 29.9 Å². The molecule has 2 atom stereocenters. The lowest BCUT2D eigenvalue weighted by Gasteiger charge is -2.27. The molecule has 0 radical (unpaired) electrons. The van der Waals surface area contributed by atoms with Gasteiger partial charge in [0.15, 0.2) is 0 Å². The van der Waals surface area contributed by atoms with Crippen molar-refractivity contribution in [3.05, 3.63) is 35.8 Å². The highest BCUT2D eigenvalue weighted by Crippen LogP contribution is 2.30. The summed E-state index contributed by atoms with van der Waals surface area (Å²) in [4.78, 5) is 24.1. The summed E-state index contributed by atoms with van der Waals surface area (Å²) in [6.07, 6.45) is 3.85. The predicted molar refractivity (Wildman–Crippen MR) is 124 cm³/mol. The highest BCUT2D eigenvalue weighted by molar-refractivity contribution is 5.70. The molecule has 2 N–H and O–H groups in total. The molecule has 34 heavy (non-hydrogen) atoms. The third kappa shape index (κ3) is 5.41. The molecule has 0 aromatic carbocycles. The second kappa shape index (κ2) is 10.4. The zero-order chi connectivity index (χ0) is 28.4. The van der Waals surface area contributed by atoms with E-state index in [1.807, 2.05) is 6.92 Å². The molecular weight excluding hydrogens is 438 g/mol. The molecule has 3 aromatic heterocycles. The monoisotopic (exact) mass is 472 g/mol. The van der Waals surface area contributed by atoms with Crippen LogP contribution >= 0.6 is 0 Å². The third-order valence-electron chi connectivity index (χ3n) is 5.69. The Morgan fingerprint density at radius 1 is 1.35 bits per heavy atom. The summed E-state index contributed by atoms with van der Waals surface area (Å²) >= 11 is 0. The minimum absolute atomic E-state index is 0.0843. The Morgan fingerprint density at radius 2 is 2.24 bits per heavy atom. The summed E-state index contributed by atoms with van der Waals surface area (Å²) in [6, 6.07) is 4.81. The van der Waals surface area contributed by atoms with Crippen LogP contribution in [0.25, 0.3) is 11.4 Å². The molecule has 1 aliphatic rings. The second-order valence-corrected chi connectivity index (χ2v) is 8.01. The molecule has 0 unspecified atom stereocenters. The molecule has 11 heteroatoms. The van der Waals surface area contributed by atoms with E-state index in [1.54, 1.807) is 23.9 Å². The number of rotatable bonds is 9. The molecule has 3 heterocycles. The number of aryl methyl sites for hydroxylation is 2. The van der Waals surface area contributed by atoms with Crippen molar-refractivity contribution in [2.45, 2.75) is 52.1 Å². The molecule has 0 saturated heterocycles. The quantitative estimate of drug-likeness (QED) is 0.478. The predicted octanol–water partition coefficient (Wildman–Crippen LogP) is 3.01. The first kappa shape index (κ1) is 17.7. The van der Waals surface area contributed by atoms with E-state index >= 15 is 0 Å². The van der Waals surface area contributed by atoms with Gasteiger partial charge in [-0.3, -0.25) is 4.79 Å². The number of ether oxygens (including phenoxy) is 2. The molecule has 0 spiro atoms. The van der Waals surface area contributed by atoms with Gasteiger partial charge in [-0.15, -0.1) is 5.10 Å². The lowest BCUT2D eigenvalue weighted by atomic mass is 9.87. The minimum atomic E-state index is -3.00. The van der Waals surface area contributed by atoms with Crippen LogP contribution in [-0.4, -0.2) is 53.7 Å². The van der Waals surface area contributed by atoms with Crippen LogP contribution in [0.1, 0.15) is 50.8 Å². The van der Waals surface area contributed by atoms with Crippen LogP contribution in [0.3, 0.4) is 0 Å². The first-order valence-electron chi connectivity index (χ1n) is 13.4. The van der Waals surface area contributed by atoms with Gasteiger partial charge in [0.25, 0.3) is 0 Å². The van der Waals surface area contributed by atoms with Crippen LogP contribution in [0.2, 0.25) is 0 Å². The van der Waals surface area contributed by atoms with Crippen LogP contribution in [0.15, 0.2) is 24.4 Å². The van der Waals surface area contributed by atoms with Gasteiger partial charge in [-0.1, -0.05) is 5.21 Å². The first-order valence-corrected chi connectivity index (χ1v) is 10.9. The van der Waals surface area contributed by atoms with E-state index in [1.165, 1.54) is 12.3 Å². The van der Waals surface area contributed by atoms with E-state index in [9.17, 15) is 9.90 Å². The fraction of sp³-hybridized carbons (Fsp3) is 0.478. The second-order valence-electron chi connectivity index (χ2n) is 8.01. The van der Waals surface area contributed by atoms with Crippen molar-refractivity contribution in [2.75, 3.05) is 11.9 Å². The molecular formula is C23H29N7O4. The van der Waals surface area contributed by atoms with Crippen LogP contribution in [-0.2, 0) is 18.4 Å². The lowest BCUT2D eigenvalue weighted by Crippen LogP contribution is -2.29. The van der Waals surface area contributed by atoms with E-state index < -0.39 is 25.3 Å². The van der Waals surface area contributed by atoms with E-state index in [0.717, 1.165) is 12.8 Å². The number of aliphatic carboxylic acids is 1. The summed E-state index contributed by atoms with van der Waals surface area (Å²) in [6.45, 7) is -3.94. The zero-order valence-electron chi connectivity index (χ0n) is 23.9. The smallest absolute Gasteiger partial charge is 0.306 e. The lowest BCUT2D eigenvalue weighted by molar-refractivity contribution is -0.143. The fourth-order valence-corrected chi connectivity index (χ4v) is 3.93. The number of anilines is 1. The van der Waals surface area contributed by atoms with E-state index in [2.05, 4.69) is 30.6 Å². The maximum absolute atomic E-state index is 11.4. The van der Waals surface area contributed by atoms with Crippen molar-refractivity contribution >= 4 is 11.9 Å². The van der Waals surface area contributed by atoms with Crippen molar-refractivity contribution in [3.8, 4) is 23.0 Å². The Labute approximate surface area is 204 Å². The molecule has 3 aromatic rings. The van der Waals surface area contributed by atoms with Crippen LogP contribution in [0.4, 0.5) is 5.95 Å². The van der Waals surface area contributed by atoms with E-state index in [-0.39, 0.29) is 24.5 Å². The Bertz CT molecular complexity index is 1330. The third-order valence-corrected chi connectivity index (χ3v) is 5.69. The molecule has 11 nitrogen and oxygen atoms in total. The molecule has 0 bridgehead atoms. The van der Waals surface area contributed by atoms with E-state index in [0.29, 0.717) is 41.4 Å². The maximum atomic E-state index is 11.4. The van der Waals surface area contributed by atoms with Gasteiger partial charge >= 0.3 is 5.97 Å². The summed E-state index contributed by atoms with van der Waals surface area (Å²) in [5, 5.41) is 20.6. The minimum Gasteiger partial charge on any atom is -0.489 e. The standard InChI is InChI=1S/C23H29N7O4/c1-4-33-20-10-11-24-23(27-20)25-13-18-21(28-29-30(18)3)17-8-9-19(14(2)26-17)34-16-7-5-6-15(12-16)22(31)32/h8-11,15-16H,4-7,12-13H2,1-3H3,(H,31,32)(H,24,25,27)/t15-,16-/m0/s1/i1D3,4D2. The number of pyridine rings is 1. The van der Waals surface area contributed by atoms with Gasteiger partial charge in [0.1, 0.15) is 11.4 Å². The van der Waals surface area contributed by atoms with Crippen LogP contribution in [0.5, 0.6) is 11.6 Å². The highest BCUT2D eigenvalue weighted by atomic mass is 16.5. The molecule has 0 aliphatic heterocycles. The first-order chi connectivity index (χ1) is 18.3. The van der Waals surface area contributed by atoms with Crippen molar-refractivity contribution in [3.63, 3.8) is 0 Å². The number of nitrogens with zero attached hydrogens (tertiary/aromatic N) is 6. The summed E-state index contributed by atoms with van der Waals surface area (Å²) in [7, 11) is 1.71. The molecule has 180 valence electrons. The number of carboxylic acid groups (broad SMARTS) is 1. The number of hydrogen-bond donors (Lipinski definition) is 2. The summed E-state index contributed by atoms with van der Waals surface area (Å²) in [5.41, 5.74) is 2.35. The molecule has 1 saturated carbocycles. The van der Waals surface area contributed by atoms with Crippen molar-refractivity contribution < 1.29 is 26.2 Å². The van der Waals surface area contributed by atoms with Gasteiger partial charge in [0.2, 0.25) is 11.8 Å². The average Bonchev–Trinajstić information content (AvgIpc) is 3.23. The molecule has 0 amide bonds. The molecule has 1 fully saturated rings. The maximum Gasteiger partial charge on any atom is 0.306 e. The van der Waals surface area contributed by atoms with Gasteiger partial charge in [0, 0.05) is 23.4 Å². The van der Waals surface area contributed by atoms with Crippen molar-refractivity contribution in [1.29, 1.82) is 0 Å². The van der Waals surface area contributed by atoms with Gasteiger partial charge in [0.05, 0.1) is 44.9 Å². The van der Waals surface area contributed by atoms with Crippen LogP contribution < -0.4 is 14.8 Å². The number of carboxylic acids is 1. The highest BCUT2D eigenvalue weighted by Gasteiger charge is 2.28. The Hall–Kier alpha value is -3.76. The zero-order valence-corrected chi connectivity index (χ0v) is 18.9. The molecule has 1 aliphatic carbocycles. The number of carbonyl (C=O) groups is 1. The Balaban J connectivity index is 1.46. The summed E-state index contributed by atoms with van der Waals surface area (Å²) < 4.78 is 49.7. The van der Waals surface area contributed by atoms with Gasteiger partial charge in [-0.05, 0) is 51.6 Å². The van der Waals surface area contributed by atoms with Gasteiger partial charge in [-0.25, -0.2) is 14.6 Å². The number of aromatic nitrogens is 6. The Kier molecular flexibility index (Phi) is 5.43. The molecule has 4 rings (SSSR count). The van der Waals surface area contributed by atoms with Crippen molar-refractivity contribution in [2.24, 2.45) is 13.0 Å². The number of nitrogens with one attached hydrogen (secondary N) is 1. The Morgan fingerprint density at radius 3 is 3.03 bits per heavy atom. The fourth-order valence-electron chi connectivity index (χ4n) is 3.93. The topological polar surface area (TPSA) is 137 Å². The largest absolute Gasteiger partial charge is 0.489 e. The van der Waals surface area contributed by atoms with Crippen LogP contribution in [0, 0.1) is 12.8 Å². The van der Waals surface area contributed by atoms with E-state index in [4.69, 9.17) is 16.3 Å². The normalized spacial score (nSPS) is 20.8. The van der Waals surface area contributed by atoms with Gasteiger partial charge in [-0.2, -0.15) is 4.98 Å². The average molecular weight is 473 g/mol.